The van der Waals surface area contributed by atoms with Gasteiger partial charge in [-0.3, -0.25) is 0 Å². The van der Waals surface area contributed by atoms with E-state index < -0.39 is 0 Å². The van der Waals surface area contributed by atoms with E-state index in [1.165, 1.54) is 5.56 Å². The largest absolute Gasteiger partial charge is 0.418 e. The van der Waals surface area contributed by atoms with Crippen molar-refractivity contribution in [3.05, 3.63) is 35.9 Å². The smallest absolute Gasteiger partial charge is 0.147 e. The zero-order chi connectivity index (χ0) is 9.73. The summed E-state index contributed by atoms with van der Waals surface area (Å²) in [5.74, 6) is 0. The summed E-state index contributed by atoms with van der Waals surface area (Å²) in [7, 11) is 0.800. The Hall–Kier alpha value is -0.603. The maximum atomic E-state index is 5.76. The van der Waals surface area contributed by atoms with Crippen molar-refractivity contribution in [3.8, 4) is 0 Å². The van der Waals surface area contributed by atoms with Gasteiger partial charge in [-0.1, -0.05) is 44.2 Å². The Bertz CT molecular complexity index is 233. The molecule has 13 heavy (non-hydrogen) atoms. The predicted octanol–water partition coefficient (Wildman–Crippen LogP) is 2.00. The molecule has 0 fully saturated rings. The molecular weight excluding hydrogens is 176 g/mol. The molecule has 0 aliphatic rings. The molecule has 0 bridgehead atoms. The summed E-state index contributed by atoms with van der Waals surface area (Å²) >= 11 is 0. The average molecular weight is 194 g/mol. The Morgan fingerprint density at radius 3 is 2.08 bits per heavy atom. The van der Waals surface area contributed by atoms with Crippen molar-refractivity contribution in [2.75, 3.05) is 0 Å². The highest BCUT2D eigenvalue weighted by molar-refractivity contribution is 5.98. The minimum Gasteiger partial charge on any atom is -0.418 e. The third kappa shape index (κ3) is 2.01. The average Bonchev–Trinajstić information content (AvgIpc) is 2.23. The SMILES string of the molecule is CCC(CC)(O[SiH3])c1ccccc1. The van der Waals surface area contributed by atoms with Crippen LogP contribution >= 0.6 is 0 Å². The van der Waals surface area contributed by atoms with Crippen LogP contribution in [0.2, 0.25) is 0 Å². The highest BCUT2D eigenvalue weighted by Gasteiger charge is 2.26. The highest BCUT2D eigenvalue weighted by atomic mass is 28.2. The highest BCUT2D eigenvalue weighted by Crippen LogP contribution is 2.31. The van der Waals surface area contributed by atoms with Crippen LogP contribution in [-0.4, -0.2) is 10.5 Å². The molecule has 0 N–H and O–H groups in total. The van der Waals surface area contributed by atoms with Crippen LogP contribution in [-0.2, 0) is 10.0 Å². The Labute approximate surface area is 83.7 Å². The third-order valence-electron chi connectivity index (χ3n) is 2.83. The van der Waals surface area contributed by atoms with Crippen molar-refractivity contribution in [2.24, 2.45) is 0 Å². The number of hydrogen-bond donors (Lipinski definition) is 0. The molecule has 1 nitrogen and oxygen atoms in total. The van der Waals surface area contributed by atoms with E-state index >= 15 is 0 Å². The molecule has 0 aliphatic carbocycles. The minimum absolute atomic E-state index is 0.0204. The monoisotopic (exact) mass is 194 g/mol. The van der Waals surface area contributed by atoms with E-state index in [9.17, 15) is 0 Å². The molecule has 0 atom stereocenters. The van der Waals surface area contributed by atoms with Crippen molar-refractivity contribution in [3.63, 3.8) is 0 Å². The van der Waals surface area contributed by atoms with Crippen LogP contribution in [0.25, 0.3) is 0 Å². The normalized spacial score (nSPS) is 11.8. The van der Waals surface area contributed by atoms with Crippen molar-refractivity contribution >= 4 is 10.5 Å². The molecule has 0 heterocycles. The van der Waals surface area contributed by atoms with E-state index in [1.54, 1.807) is 0 Å². The second kappa shape index (κ2) is 4.58. The van der Waals surface area contributed by atoms with Crippen LogP contribution < -0.4 is 0 Å². The molecule has 0 aliphatic heterocycles. The maximum Gasteiger partial charge on any atom is 0.147 e. The van der Waals surface area contributed by atoms with Crippen LogP contribution in [0.4, 0.5) is 0 Å². The fraction of sp³-hybridized carbons (Fsp3) is 0.455. The summed E-state index contributed by atoms with van der Waals surface area (Å²) in [6.45, 7) is 4.38. The molecule has 0 saturated carbocycles. The second-order valence-electron chi connectivity index (χ2n) is 3.27. The van der Waals surface area contributed by atoms with Gasteiger partial charge in [-0.05, 0) is 18.4 Å². The van der Waals surface area contributed by atoms with Crippen LogP contribution in [0.1, 0.15) is 32.3 Å². The summed E-state index contributed by atoms with van der Waals surface area (Å²) < 4.78 is 5.76. The van der Waals surface area contributed by atoms with Crippen LogP contribution in [0.15, 0.2) is 30.3 Å². The van der Waals surface area contributed by atoms with Crippen LogP contribution in [0.5, 0.6) is 0 Å². The number of benzene rings is 1. The van der Waals surface area contributed by atoms with Gasteiger partial charge >= 0.3 is 0 Å². The molecule has 1 rings (SSSR count). The fourth-order valence-electron chi connectivity index (χ4n) is 1.81. The first kappa shape index (κ1) is 10.5. The van der Waals surface area contributed by atoms with Gasteiger partial charge in [-0.2, -0.15) is 0 Å². The van der Waals surface area contributed by atoms with Gasteiger partial charge in [0, 0.05) is 0 Å². The Kier molecular flexibility index (Phi) is 3.69. The quantitative estimate of drug-likeness (QED) is 0.666. The van der Waals surface area contributed by atoms with Crippen molar-refractivity contribution < 1.29 is 4.43 Å². The number of rotatable bonds is 4. The molecule has 0 aromatic heterocycles. The van der Waals surface area contributed by atoms with Crippen molar-refractivity contribution in [2.45, 2.75) is 32.3 Å². The molecule has 72 valence electrons. The van der Waals surface area contributed by atoms with E-state index in [2.05, 4.69) is 38.1 Å². The van der Waals surface area contributed by atoms with Crippen LogP contribution in [0.3, 0.4) is 0 Å². The van der Waals surface area contributed by atoms with E-state index in [-0.39, 0.29) is 5.60 Å². The van der Waals surface area contributed by atoms with Gasteiger partial charge in [-0.15, -0.1) is 0 Å². The molecule has 0 amide bonds. The molecule has 1 aromatic carbocycles. The Balaban J connectivity index is 3.01. The van der Waals surface area contributed by atoms with E-state index in [4.69, 9.17) is 4.43 Å². The van der Waals surface area contributed by atoms with Gasteiger partial charge in [0.25, 0.3) is 0 Å². The molecule has 0 saturated heterocycles. The molecule has 2 heteroatoms. The van der Waals surface area contributed by atoms with Crippen molar-refractivity contribution in [1.82, 2.24) is 0 Å². The zero-order valence-corrected chi connectivity index (χ0v) is 10.7. The third-order valence-corrected chi connectivity index (χ3v) is 3.61. The lowest BCUT2D eigenvalue weighted by Gasteiger charge is -2.31. The van der Waals surface area contributed by atoms with Gasteiger partial charge < -0.3 is 4.43 Å². The summed E-state index contributed by atoms with van der Waals surface area (Å²) in [5, 5.41) is 0. The van der Waals surface area contributed by atoms with Gasteiger partial charge in [-0.25, -0.2) is 0 Å². The Morgan fingerprint density at radius 1 is 1.15 bits per heavy atom. The molecule has 0 unspecified atom stereocenters. The van der Waals surface area contributed by atoms with Gasteiger partial charge in [0.2, 0.25) is 0 Å². The molecule has 1 aromatic rings. The van der Waals surface area contributed by atoms with E-state index in [0.717, 1.165) is 23.3 Å². The van der Waals surface area contributed by atoms with E-state index in [1.807, 2.05) is 6.07 Å². The summed E-state index contributed by atoms with van der Waals surface area (Å²) in [4.78, 5) is 0. The van der Waals surface area contributed by atoms with E-state index in [0.29, 0.717) is 0 Å². The lowest BCUT2D eigenvalue weighted by Crippen LogP contribution is -2.27. The maximum absolute atomic E-state index is 5.76. The summed E-state index contributed by atoms with van der Waals surface area (Å²) in [5.41, 5.74) is 1.29. The zero-order valence-electron chi connectivity index (χ0n) is 8.71. The standard InChI is InChI=1S/C11H18OSi/c1-3-11(4-2,12-13)10-8-6-5-7-9-10/h5-9H,3-4H2,1-2,13H3. The first-order valence-electron chi connectivity index (χ1n) is 4.89. The number of hydrogen-bond acceptors (Lipinski definition) is 1. The fourth-order valence-corrected chi connectivity index (χ4v) is 2.62. The summed E-state index contributed by atoms with van der Waals surface area (Å²) in [6.07, 6.45) is 2.11. The first-order chi connectivity index (χ1) is 6.29. The van der Waals surface area contributed by atoms with Gasteiger partial charge in [0.15, 0.2) is 0 Å². The van der Waals surface area contributed by atoms with Gasteiger partial charge in [0.05, 0.1) is 5.60 Å². The van der Waals surface area contributed by atoms with Crippen molar-refractivity contribution in [1.29, 1.82) is 0 Å². The minimum atomic E-state index is -0.0204. The Morgan fingerprint density at radius 2 is 1.69 bits per heavy atom. The molecular formula is C11H18OSi. The first-order valence-corrected chi connectivity index (χ1v) is 5.71. The van der Waals surface area contributed by atoms with Gasteiger partial charge in [0.1, 0.15) is 10.5 Å². The summed E-state index contributed by atoms with van der Waals surface area (Å²) in [6, 6.07) is 10.5. The lowest BCUT2D eigenvalue weighted by atomic mass is 9.89. The predicted molar refractivity (Wildman–Crippen MR) is 59.7 cm³/mol. The molecule has 0 spiro atoms. The second-order valence-corrected chi connectivity index (χ2v) is 3.68. The van der Waals surface area contributed by atoms with Crippen LogP contribution in [0, 0.1) is 0 Å². The lowest BCUT2D eigenvalue weighted by molar-refractivity contribution is 0.0685. The molecule has 0 radical (unpaired) electrons. The topological polar surface area (TPSA) is 9.23 Å².